The molecule has 0 N–H and O–H groups in total. The first-order valence-corrected chi connectivity index (χ1v) is 8.30. The van der Waals surface area contributed by atoms with Gasteiger partial charge in [0.15, 0.2) is 0 Å². The lowest BCUT2D eigenvalue weighted by molar-refractivity contribution is 0.495. The fourth-order valence-electron chi connectivity index (χ4n) is 3.28. The number of rotatable bonds is 3. The summed E-state index contributed by atoms with van der Waals surface area (Å²) in [6.45, 7) is 3.90. The van der Waals surface area contributed by atoms with E-state index in [0.717, 1.165) is 49.2 Å². The molecule has 0 aromatic carbocycles. The molecule has 0 saturated carbocycles. The maximum Gasteiger partial charge on any atom is 0.225 e. The number of anilines is 1. The van der Waals surface area contributed by atoms with Gasteiger partial charge in [-0.1, -0.05) is 6.07 Å². The largest absolute Gasteiger partial charge is 0.340 e. The number of aromatic nitrogens is 5. The van der Waals surface area contributed by atoms with Crippen molar-refractivity contribution in [3.63, 3.8) is 0 Å². The minimum absolute atomic E-state index is 0.395. The van der Waals surface area contributed by atoms with Crippen LogP contribution >= 0.6 is 0 Å². The predicted molar refractivity (Wildman–Crippen MR) is 92.3 cm³/mol. The number of piperidine rings is 1. The maximum absolute atomic E-state index is 4.88. The zero-order valence-corrected chi connectivity index (χ0v) is 13.7. The molecule has 1 unspecified atom stereocenters. The van der Waals surface area contributed by atoms with Gasteiger partial charge in [0.1, 0.15) is 11.6 Å². The summed E-state index contributed by atoms with van der Waals surface area (Å²) in [5.74, 6) is 3.08. The Kier molecular flexibility index (Phi) is 3.94. The van der Waals surface area contributed by atoms with Crippen LogP contribution in [0, 0.1) is 6.92 Å². The van der Waals surface area contributed by atoms with Crippen molar-refractivity contribution < 1.29 is 0 Å². The molecule has 4 rings (SSSR count). The normalized spacial score (nSPS) is 17.9. The minimum Gasteiger partial charge on any atom is -0.340 e. The lowest BCUT2D eigenvalue weighted by Gasteiger charge is -2.32. The van der Waals surface area contributed by atoms with E-state index in [1.54, 1.807) is 18.6 Å². The van der Waals surface area contributed by atoms with Crippen LogP contribution in [0.5, 0.6) is 0 Å². The van der Waals surface area contributed by atoms with Gasteiger partial charge < -0.3 is 4.90 Å². The Bertz CT molecular complexity index is 813. The number of hydrogen-bond donors (Lipinski definition) is 0. The van der Waals surface area contributed by atoms with E-state index in [1.165, 1.54) is 0 Å². The molecular formula is C18H20N6. The highest BCUT2D eigenvalue weighted by atomic mass is 15.3. The molecule has 1 aliphatic heterocycles. The van der Waals surface area contributed by atoms with Crippen molar-refractivity contribution in [1.29, 1.82) is 0 Å². The van der Waals surface area contributed by atoms with Crippen molar-refractivity contribution in [1.82, 2.24) is 24.5 Å². The molecule has 1 aliphatic rings. The van der Waals surface area contributed by atoms with Gasteiger partial charge in [0.25, 0.3) is 0 Å². The van der Waals surface area contributed by atoms with Gasteiger partial charge in [-0.2, -0.15) is 0 Å². The topological polar surface area (TPSA) is 59.7 Å². The molecule has 1 fully saturated rings. The van der Waals surface area contributed by atoms with E-state index in [4.69, 9.17) is 4.98 Å². The Labute approximate surface area is 141 Å². The fourth-order valence-corrected chi connectivity index (χ4v) is 3.28. The summed E-state index contributed by atoms with van der Waals surface area (Å²) in [7, 11) is 0. The Morgan fingerprint density at radius 1 is 1.04 bits per heavy atom. The summed E-state index contributed by atoms with van der Waals surface area (Å²) in [6, 6.07) is 8.08. The Balaban J connectivity index is 1.58. The molecule has 0 radical (unpaired) electrons. The molecule has 0 amide bonds. The van der Waals surface area contributed by atoms with Crippen LogP contribution in [0.4, 0.5) is 5.95 Å². The van der Waals surface area contributed by atoms with Crippen LogP contribution in [0.25, 0.3) is 5.82 Å². The van der Waals surface area contributed by atoms with Gasteiger partial charge in [-0.05, 0) is 38.0 Å². The molecule has 24 heavy (non-hydrogen) atoms. The number of imidazole rings is 1. The standard InChI is InChI=1S/C18H20N6/c1-14-19-10-12-24(14)17-7-2-6-16(22-17)15-5-3-11-23(13-15)18-20-8-4-9-21-18/h2,4,6-10,12,15H,3,5,11,13H2,1H3. The lowest BCUT2D eigenvalue weighted by Crippen LogP contribution is -2.35. The second kappa shape index (κ2) is 6.39. The molecular weight excluding hydrogens is 300 g/mol. The summed E-state index contributed by atoms with van der Waals surface area (Å²) < 4.78 is 2.02. The van der Waals surface area contributed by atoms with Crippen molar-refractivity contribution in [3.05, 3.63) is 60.6 Å². The molecule has 1 atom stereocenters. The molecule has 0 bridgehead atoms. The molecule has 3 aromatic heterocycles. The van der Waals surface area contributed by atoms with E-state index in [1.807, 2.05) is 29.8 Å². The van der Waals surface area contributed by atoms with E-state index in [-0.39, 0.29) is 0 Å². The lowest BCUT2D eigenvalue weighted by atomic mass is 9.94. The third-order valence-electron chi connectivity index (χ3n) is 4.50. The number of nitrogens with zero attached hydrogens (tertiary/aromatic N) is 6. The molecule has 6 nitrogen and oxygen atoms in total. The smallest absolute Gasteiger partial charge is 0.225 e. The highest BCUT2D eigenvalue weighted by Gasteiger charge is 2.24. The molecule has 4 heterocycles. The van der Waals surface area contributed by atoms with Crippen molar-refractivity contribution in [2.24, 2.45) is 0 Å². The van der Waals surface area contributed by atoms with E-state index in [2.05, 4.69) is 32.0 Å². The van der Waals surface area contributed by atoms with Gasteiger partial charge in [-0.15, -0.1) is 0 Å². The van der Waals surface area contributed by atoms with Crippen molar-refractivity contribution in [3.8, 4) is 5.82 Å². The first kappa shape index (κ1) is 14.8. The van der Waals surface area contributed by atoms with Gasteiger partial charge in [-0.3, -0.25) is 4.57 Å². The highest BCUT2D eigenvalue weighted by molar-refractivity contribution is 5.33. The van der Waals surface area contributed by atoms with E-state index in [9.17, 15) is 0 Å². The van der Waals surface area contributed by atoms with Gasteiger partial charge in [0.2, 0.25) is 5.95 Å². The van der Waals surface area contributed by atoms with Gasteiger partial charge in [0, 0.05) is 49.5 Å². The van der Waals surface area contributed by atoms with Crippen LogP contribution in [0.15, 0.2) is 49.1 Å². The Morgan fingerprint density at radius 3 is 2.71 bits per heavy atom. The van der Waals surface area contributed by atoms with E-state index >= 15 is 0 Å². The molecule has 6 heteroatoms. The zero-order chi connectivity index (χ0) is 16.4. The fraction of sp³-hybridized carbons (Fsp3) is 0.333. The average molecular weight is 320 g/mol. The Morgan fingerprint density at radius 2 is 1.92 bits per heavy atom. The molecule has 122 valence electrons. The van der Waals surface area contributed by atoms with Crippen LogP contribution in [0.1, 0.15) is 30.3 Å². The minimum atomic E-state index is 0.395. The highest BCUT2D eigenvalue weighted by Crippen LogP contribution is 2.28. The van der Waals surface area contributed by atoms with Gasteiger partial charge >= 0.3 is 0 Å². The zero-order valence-electron chi connectivity index (χ0n) is 13.7. The van der Waals surface area contributed by atoms with Crippen molar-refractivity contribution in [2.75, 3.05) is 18.0 Å². The van der Waals surface area contributed by atoms with Gasteiger partial charge in [0.05, 0.1) is 0 Å². The summed E-state index contributed by atoms with van der Waals surface area (Å²) in [5, 5.41) is 0. The average Bonchev–Trinajstić information content (AvgIpc) is 3.09. The van der Waals surface area contributed by atoms with Crippen molar-refractivity contribution in [2.45, 2.75) is 25.7 Å². The summed E-state index contributed by atoms with van der Waals surface area (Å²) in [5.41, 5.74) is 1.13. The number of aryl methyl sites for hydroxylation is 1. The summed E-state index contributed by atoms with van der Waals surface area (Å²) in [4.78, 5) is 20.2. The second-order valence-electron chi connectivity index (χ2n) is 6.10. The third kappa shape index (κ3) is 2.87. The predicted octanol–water partition coefficient (Wildman–Crippen LogP) is 2.75. The van der Waals surface area contributed by atoms with Crippen LogP contribution in [-0.2, 0) is 0 Å². The number of hydrogen-bond acceptors (Lipinski definition) is 5. The van der Waals surface area contributed by atoms with Crippen LogP contribution in [-0.4, -0.2) is 37.6 Å². The monoisotopic (exact) mass is 320 g/mol. The van der Waals surface area contributed by atoms with E-state index in [0.29, 0.717) is 5.92 Å². The quantitative estimate of drug-likeness (QED) is 0.742. The first-order valence-electron chi connectivity index (χ1n) is 8.30. The summed E-state index contributed by atoms with van der Waals surface area (Å²) >= 11 is 0. The Hall–Kier alpha value is -2.76. The van der Waals surface area contributed by atoms with Crippen LogP contribution < -0.4 is 4.90 Å². The number of pyridine rings is 1. The SMILES string of the molecule is Cc1nccn1-c1cccc(C2CCCN(c3ncccn3)C2)n1. The van der Waals surface area contributed by atoms with Gasteiger partial charge in [-0.25, -0.2) is 19.9 Å². The summed E-state index contributed by atoms with van der Waals surface area (Å²) in [6.07, 6.45) is 9.62. The molecule has 3 aromatic rings. The second-order valence-corrected chi connectivity index (χ2v) is 6.10. The maximum atomic E-state index is 4.88. The third-order valence-corrected chi connectivity index (χ3v) is 4.50. The van der Waals surface area contributed by atoms with Crippen molar-refractivity contribution >= 4 is 5.95 Å². The first-order chi connectivity index (χ1) is 11.8. The van der Waals surface area contributed by atoms with Crippen LogP contribution in [0.2, 0.25) is 0 Å². The molecule has 0 aliphatic carbocycles. The molecule has 1 saturated heterocycles. The van der Waals surface area contributed by atoms with E-state index < -0.39 is 0 Å². The van der Waals surface area contributed by atoms with Crippen LogP contribution in [0.3, 0.4) is 0 Å². The molecule has 0 spiro atoms.